The summed E-state index contributed by atoms with van der Waals surface area (Å²) in [5, 5.41) is 14.9. The highest BCUT2D eigenvalue weighted by Gasteiger charge is 2.08. The lowest BCUT2D eigenvalue weighted by Gasteiger charge is -2.11. The van der Waals surface area contributed by atoms with Gasteiger partial charge in [-0.15, -0.1) is 5.10 Å². The van der Waals surface area contributed by atoms with Gasteiger partial charge in [-0.1, -0.05) is 37.6 Å². The number of halogens is 1. The molecule has 2 aromatic carbocycles. The van der Waals surface area contributed by atoms with Crippen molar-refractivity contribution in [2.75, 3.05) is 17.7 Å². The number of nitrogens with one attached hydrogen (secondary N) is 2. The van der Waals surface area contributed by atoms with E-state index in [-0.39, 0.29) is 0 Å². The van der Waals surface area contributed by atoms with E-state index in [0.29, 0.717) is 34.1 Å². The summed E-state index contributed by atoms with van der Waals surface area (Å²) in [6.07, 6.45) is 1.57. The van der Waals surface area contributed by atoms with E-state index in [0.717, 1.165) is 5.69 Å². The quantitative estimate of drug-likeness (QED) is 0.626. The predicted octanol–water partition coefficient (Wildman–Crippen LogP) is 5.14. The van der Waals surface area contributed by atoms with Crippen LogP contribution in [0.3, 0.4) is 0 Å². The molecule has 134 valence electrons. The number of anilines is 4. The molecule has 1 heterocycles. The van der Waals surface area contributed by atoms with Crippen LogP contribution in [0.15, 0.2) is 48.7 Å². The Morgan fingerprint density at radius 3 is 2.50 bits per heavy atom. The molecule has 0 radical (unpaired) electrons. The number of hydrogen-bond donors (Lipinski definition) is 2. The summed E-state index contributed by atoms with van der Waals surface area (Å²) in [6.45, 7) is 4.33. The third-order valence-electron chi connectivity index (χ3n) is 3.82. The molecule has 0 bridgehead atoms. The molecule has 3 rings (SSSR count). The molecule has 0 atom stereocenters. The molecule has 26 heavy (non-hydrogen) atoms. The molecule has 2 N–H and O–H groups in total. The van der Waals surface area contributed by atoms with Crippen molar-refractivity contribution in [2.45, 2.75) is 19.8 Å². The second kappa shape index (κ2) is 8.01. The predicted molar refractivity (Wildman–Crippen MR) is 105 cm³/mol. The Morgan fingerprint density at radius 1 is 1.04 bits per heavy atom. The topological polar surface area (TPSA) is 72.0 Å². The summed E-state index contributed by atoms with van der Waals surface area (Å²) in [7, 11) is 1.59. The van der Waals surface area contributed by atoms with E-state index in [9.17, 15) is 0 Å². The summed E-state index contributed by atoms with van der Waals surface area (Å²) in [5.74, 6) is 2.06. The minimum absolute atomic E-state index is 0.342. The van der Waals surface area contributed by atoms with Gasteiger partial charge in [0.25, 0.3) is 0 Å². The standard InChI is InChI=1S/C19H20ClN5O/c1-12(2)13-4-7-15(8-5-13)22-18-11-21-25-19(24-18)23-16-10-14(20)6-9-17(16)26-3/h4-12H,1-3H3,(H2,22,23,24,25). The number of rotatable bonds is 6. The van der Waals surface area contributed by atoms with Gasteiger partial charge in [0.05, 0.1) is 19.0 Å². The van der Waals surface area contributed by atoms with Crippen molar-refractivity contribution in [2.24, 2.45) is 0 Å². The van der Waals surface area contributed by atoms with Crippen molar-refractivity contribution < 1.29 is 4.74 Å². The first-order valence-corrected chi connectivity index (χ1v) is 8.60. The lowest BCUT2D eigenvalue weighted by molar-refractivity contribution is 0.417. The lowest BCUT2D eigenvalue weighted by atomic mass is 10.0. The fourth-order valence-corrected chi connectivity index (χ4v) is 2.59. The number of benzene rings is 2. The van der Waals surface area contributed by atoms with Crippen molar-refractivity contribution in [3.63, 3.8) is 0 Å². The third-order valence-corrected chi connectivity index (χ3v) is 4.05. The number of hydrogen-bond acceptors (Lipinski definition) is 6. The van der Waals surface area contributed by atoms with Crippen molar-refractivity contribution >= 4 is 34.7 Å². The molecule has 0 aliphatic heterocycles. The lowest BCUT2D eigenvalue weighted by Crippen LogP contribution is -2.03. The fourth-order valence-electron chi connectivity index (χ4n) is 2.41. The fraction of sp³-hybridized carbons (Fsp3) is 0.211. The zero-order valence-electron chi connectivity index (χ0n) is 14.8. The Balaban J connectivity index is 1.77. The molecule has 7 heteroatoms. The third kappa shape index (κ3) is 4.40. The first-order valence-electron chi connectivity index (χ1n) is 8.22. The Hall–Kier alpha value is -2.86. The smallest absolute Gasteiger partial charge is 0.249 e. The van der Waals surface area contributed by atoms with Gasteiger partial charge in [0.1, 0.15) is 5.75 Å². The van der Waals surface area contributed by atoms with E-state index in [1.54, 1.807) is 31.5 Å². The van der Waals surface area contributed by atoms with Gasteiger partial charge in [0.2, 0.25) is 5.95 Å². The zero-order valence-corrected chi connectivity index (χ0v) is 15.6. The van der Waals surface area contributed by atoms with Gasteiger partial charge in [0.15, 0.2) is 5.82 Å². The van der Waals surface area contributed by atoms with Crippen LogP contribution in [-0.2, 0) is 0 Å². The van der Waals surface area contributed by atoms with Crippen molar-refractivity contribution in [1.82, 2.24) is 15.2 Å². The highest BCUT2D eigenvalue weighted by Crippen LogP contribution is 2.29. The van der Waals surface area contributed by atoms with Crippen LogP contribution in [0.1, 0.15) is 25.3 Å². The molecule has 6 nitrogen and oxygen atoms in total. The molecule has 1 aromatic heterocycles. The van der Waals surface area contributed by atoms with Crippen LogP contribution in [0.4, 0.5) is 23.1 Å². The van der Waals surface area contributed by atoms with Crippen LogP contribution in [0.25, 0.3) is 0 Å². The minimum atomic E-state index is 0.342. The largest absolute Gasteiger partial charge is 0.495 e. The Bertz CT molecular complexity index is 883. The number of nitrogens with zero attached hydrogens (tertiary/aromatic N) is 3. The van der Waals surface area contributed by atoms with Crippen LogP contribution >= 0.6 is 11.6 Å². The SMILES string of the molecule is COc1ccc(Cl)cc1Nc1nncc(Nc2ccc(C(C)C)cc2)n1. The number of ether oxygens (including phenoxy) is 1. The molecule has 0 aliphatic rings. The Morgan fingerprint density at radius 2 is 1.81 bits per heavy atom. The summed E-state index contributed by atoms with van der Waals surface area (Å²) in [5.41, 5.74) is 2.88. The van der Waals surface area contributed by atoms with Crippen molar-refractivity contribution in [1.29, 1.82) is 0 Å². The zero-order chi connectivity index (χ0) is 18.5. The van der Waals surface area contributed by atoms with E-state index < -0.39 is 0 Å². The van der Waals surface area contributed by atoms with E-state index in [1.807, 2.05) is 12.1 Å². The number of aromatic nitrogens is 3. The van der Waals surface area contributed by atoms with Crippen LogP contribution in [0.2, 0.25) is 5.02 Å². The van der Waals surface area contributed by atoms with Crippen molar-refractivity contribution in [3.8, 4) is 5.75 Å². The van der Waals surface area contributed by atoms with Crippen LogP contribution < -0.4 is 15.4 Å². The van der Waals surface area contributed by atoms with Gasteiger partial charge in [-0.3, -0.25) is 0 Å². The minimum Gasteiger partial charge on any atom is -0.495 e. The normalized spacial score (nSPS) is 10.7. The molecule has 0 saturated carbocycles. The summed E-state index contributed by atoms with van der Waals surface area (Å²) in [6, 6.07) is 13.5. The molecule has 0 amide bonds. The number of methoxy groups -OCH3 is 1. The van der Waals surface area contributed by atoms with E-state index >= 15 is 0 Å². The molecular weight excluding hydrogens is 350 g/mol. The summed E-state index contributed by atoms with van der Waals surface area (Å²) in [4.78, 5) is 4.43. The Kier molecular flexibility index (Phi) is 5.53. The van der Waals surface area contributed by atoms with E-state index in [4.69, 9.17) is 16.3 Å². The molecule has 0 spiro atoms. The van der Waals surface area contributed by atoms with Crippen LogP contribution in [0.5, 0.6) is 5.75 Å². The van der Waals surface area contributed by atoms with Gasteiger partial charge in [-0.2, -0.15) is 10.1 Å². The first-order chi connectivity index (χ1) is 12.5. The molecule has 3 aromatic rings. The van der Waals surface area contributed by atoms with Gasteiger partial charge >= 0.3 is 0 Å². The molecule has 0 aliphatic carbocycles. The van der Waals surface area contributed by atoms with E-state index in [1.165, 1.54) is 5.56 Å². The summed E-state index contributed by atoms with van der Waals surface area (Å²) >= 11 is 6.05. The average molecular weight is 370 g/mol. The maximum atomic E-state index is 6.05. The van der Waals surface area contributed by atoms with Gasteiger partial charge in [-0.05, 0) is 41.8 Å². The van der Waals surface area contributed by atoms with Crippen LogP contribution in [-0.4, -0.2) is 22.3 Å². The highest BCUT2D eigenvalue weighted by atomic mass is 35.5. The monoisotopic (exact) mass is 369 g/mol. The molecule has 0 unspecified atom stereocenters. The van der Waals surface area contributed by atoms with Gasteiger partial charge < -0.3 is 15.4 Å². The molecule has 0 saturated heterocycles. The average Bonchev–Trinajstić information content (AvgIpc) is 2.63. The Labute approximate surface area is 157 Å². The maximum Gasteiger partial charge on any atom is 0.249 e. The van der Waals surface area contributed by atoms with Crippen LogP contribution in [0, 0.1) is 0 Å². The van der Waals surface area contributed by atoms with Gasteiger partial charge in [-0.25, -0.2) is 0 Å². The first kappa shape index (κ1) is 17.9. The summed E-state index contributed by atoms with van der Waals surface area (Å²) < 4.78 is 5.32. The van der Waals surface area contributed by atoms with Crippen molar-refractivity contribution in [3.05, 3.63) is 59.2 Å². The van der Waals surface area contributed by atoms with E-state index in [2.05, 4.69) is 51.8 Å². The van der Waals surface area contributed by atoms with Gasteiger partial charge in [0, 0.05) is 10.7 Å². The highest BCUT2D eigenvalue weighted by molar-refractivity contribution is 6.31. The second-order valence-electron chi connectivity index (χ2n) is 6.04. The second-order valence-corrected chi connectivity index (χ2v) is 6.47. The maximum absolute atomic E-state index is 6.05. The molecular formula is C19H20ClN5O. The molecule has 0 fully saturated rings.